The van der Waals surface area contributed by atoms with E-state index in [2.05, 4.69) is 15.0 Å². The third kappa shape index (κ3) is 2.22. The lowest BCUT2D eigenvalue weighted by Gasteiger charge is -2.17. The molecule has 1 fully saturated rings. The van der Waals surface area contributed by atoms with Crippen molar-refractivity contribution in [2.45, 2.75) is 39.2 Å². The van der Waals surface area contributed by atoms with Crippen molar-refractivity contribution in [3.05, 3.63) is 0 Å². The quantitative estimate of drug-likeness (QED) is 0.796. The normalized spacial score (nSPS) is 17.8. The van der Waals surface area contributed by atoms with Crippen LogP contribution in [0.1, 0.15) is 32.6 Å². The molecule has 2 heterocycles. The molecule has 2 N–H and O–H groups in total. The van der Waals surface area contributed by atoms with Crippen LogP contribution in [0.3, 0.4) is 0 Å². The molecule has 5 nitrogen and oxygen atoms in total. The molecule has 0 atom stereocenters. The van der Waals surface area contributed by atoms with Crippen molar-refractivity contribution in [1.82, 2.24) is 14.8 Å². The van der Waals surface area contributed by atoms with Crippen LogP contribution in [0.2, 0.25) is 0 Å². The van der Waals surface area contributed by atoms with Gasteiger partial charge in [-0.2, -0.15) is 4.98 Å². The van der Waals surface area contributed by atoms with Crippen LogP contribution >= 0.6 is 0 Å². The van der Waals surface area contributed by atoms with E-state index in [1.807, 2.05) is 6.92 Å². The van der Waals surface area contributed by atoms with Crippen LogP contribution in [-0.4, -0.2) is 27.9 Å². The number of hydrogen-bond acceptors (Lipinski definition) is 4. The van der Waals surface area contributed by atoms with Crippen molar-refractivity contribution >= 4 is 11.9 Å². The highest BCUT2D eigenvalue weighted by Crippen LogP contribution is 2.16. The predicted molar refractivity (Wildman–Crippen MR) is 60.8 cm³/mol. The summed E-state index contributed by atoms with van der Waals surface area (Å²) < 4.78 is 1.75. The number of anilines is 2. The number of hydrogen-bond donors (Lipinski definition) is 1. The minimum absolute atomic E-state index is 0.525. The predicted octanol–water partition coefficient (Wildman–Crippen LogP) is 1.26. The second-order valence-corrected chi connectivity index (χ2v) is 3.99. The fourth-order valence-corrected chi connectivity index (χ4v) is 1.98. The molecule has 0 spiro atoms. The molecule has 15 heavy (non-hydrogen) atoms. The molecule has 0 saturated carbocycles. The molecule has 0 unspecified atom stereocenters. The van der Waals surface area contributed by atoms with Gasteiger partial charge in [0.25, 0.3) is 0 Å². The molecule has 0 aromatic carbocycles. The van der Waals surface area contributed by atoms with Gasteiger partial charge in [0, 0.05) is 19.6 Å². The molecule has 2 rings (SSSR count). The first kappa shape index (κ1) is 10.3. The van der Waals surface area contributed by atoms with Crippen LogP contribution in [-0.2, 0) is 6.54 Å². The lowest BCUT2D eigenvalue weighted by Crippen LogP contribution is -2.25. The van der Waals surface area contributed by atoms with E-state index < -0.39 is 0 Å². The van der Waals surface area contributed by atoms with Crippen LogP contribution in [0.25, 0.3) is 0 Å². The number of nitrogen functional groups attached to an aromatic ring is 1. The number of rotatable bonds is 2. The Balaban J connectivity index is 2.12. The average Bonchev–Trinajstić information content (AvgIpc) is 2.48. The minimum Gasteiger partial charge on any atom is -0.368 e. The van der Waals surface area contributed by atoms with Crippen molar-refractivity contribution in [3.63, 3.8) is 0 Å². The van der Waals surface area contributed by atoms with Gasteiger partial charge in [-0.15, -0.1) is 5.10 Å². The second kappa shape index (κ2) is 4.51. The van der Waals surface area contributed by atoms with Crippen LogP contribution in [0, 0.1) is 0 Å². The summed E-state index contributed by atoms with van der Waals surface area (Å²) in [6, 6.07) is 0. The first-order chi connectivity index (χ1) is 7.31. The highest BCUT2D eigenvalue weighted by atomic mass is 15.4. The van der Waals surface area contributed by atoms with Gasteiger partial charge in [0.1, 0.15) is 0 Å². The molecule has 84 valence electrons. The molecule has 0 bridgehead atoms. The van der Waals surface area contributed by atoms with Gasteiger partial charge in [0.05, 0.1) is 0 Å². The third-order valence-electron chi connectivity index (χ3n) is 2.88. The maximum atomic E-state index is 5.76. The van der Waals surface area contributed by atoms with Gasteiger partial charge in [0.15, 0.2) is 0 Å². The van der Waals surface area contributed by atoms with Crippen molar-refractivity contribution in [2.24, 2.45) is 0 Å². The number of nitrogens with two attached hydrogens (primary N) is 1. The first-order valence-corrected chi connectivity index (χ1v) is 5.76. The van der Waals surface area contributed by atoms with Crippen LogP contribution in [0.4, 0.5) is 11.9 Å². The zero-order valence-corrected chi connectivity index (χ0v) is 9.32. The summed E-state index contributed by atoms with van der Waals surface area (Å²) in [5.41, 5.74) is 5.76. The van der Waals surface area contributed by atoms with E-state index in [4.69, 9.17) is 5.73 Å². The van der Waals surface area contributed by atoms with E-state index in [1.165, 1.54) is 25.7 Å². The summed E-state index contributed by atoms with van der Waals surface area (Å²) in [5.74, 6) is 1.33. The Labute approximate surface area is 90.3 Å². The maximum absolute atomic E-state index is 5.76. The Morgan fingerprint density at radius 1 is 1.20 bits per heavy atom. The van der Waals surface area contributed by atoms with Gasteiger partial charge in [-0.05, 0) is 19.8 Å². The van der Waals surface area contributed by atoms with Gasteiger partial charge in [-0.1, -0.05) is 12.8 Å². The number of aryl methyl sites for hydroxylation is 1. The Kier molecular flexibility index (Phi) is 3.08. The van der Waals surface area contributed by atoms with E-state index in [0.717, 1.165) is 25.6 Å². The van der Waals surface area contributed by atoms with E-state index in [9.17, 15) is 0 Å². The van der Waals surface area contributed by atoms with E-state index in [1.54, 1.807) is 4.68 Å². The molecule has 1 saturated heterocycles. The minimum atomic E-state index is 0.525. The first-order valence-electron chi connectivity index (χ1n) is 5.76. The Morgan fingerprint density at radius 3 is 2.40 bits per heavy atom. The van der Waals surface area contributed by atoms with E-state index in [-0.39, 0.29) is 0 Å². The highest BCUT2D eigenvalue weighted by molar-refractivity contribution is 5.34. The molecule has 0 aliphatic carbocycles. The molecular weight excluding hydrogens is 190 g/mol. The fraction of sp³-hybridized carbons (Fsp3) is 0.800. The summed E-state index contributed by atoms with van der Waals surface area (Å²) in [6.45, 7) is 4.93. The van der Waals surface area contributed by atoms with Crippen LogP contribution < -0.4 is 10.6 Å². The number of aromatic nitrogens is 3. The van der Waals surface area contributed by atoms with Crippen molar-refractivity contribution in [1.29, 1.82) is 0 Å². The molecule has 0 amide bonds. The Bertz CT molecular complexity index is 312. The van der Waals surface area contributed by atoms with Gasteiger partial charge in [0.2, 0.25) is 11.9 Å². The van der Waals surface area contributed by atoms with Crippen molar-refractivity contribution in [3.8, 4) is 0 Å². The summed E-state index contributed by atoms with van der Waals surface area (Å²) in [4.78, 5) is 6.55. The van der Waals surface area contributed by atoms with Crippen LogP contribution in [0.15, 0.2) is 0 Å². The monoisotopic (exact) mass is 209 g/mol. The summed E-state index contributed by atoms with van der Waals surface area (Å²) >= 11 is 0. The fourth-order valence-electron chi connectivity index (χ4n) is 1.98. The third-order valence-corrected chi connectivity index (χ3v) is 2.88. The van der Waals surface area contributed by atoms with Crippen LogP contribution in [0.5, 0.6) is 0 Å². The molecule has 1 aromatic heterocycles. The molecule has 1 aliphatic heterocycles. The summed E-state index contributed by atoms with van der Waals surface area (Å²) in [6.07, 6.45) is 5.11. The van der Waals surface area contributed by atoms with Gasteiger partial charge < -0.3 is 10.6 Å². The largest absolute Gasteiger partial charge is 0.368 e. The second-order valence-electron chi connectivity index (χ2n) is 3.99. The topological polar surface area (TPSA) is 60.0 Å². The standard InChI is InChI=1S/C10H19N5/c1-2-15-9(11)12-10(13-15)14-7-5-3-4-6-8-14/h2-8H2,1H3,(H2,11,12,13). The zero-order valence-electron chi connectivity index (χ0n) is 9.32. The van der Waals surface area contributed by atoms with Gasteiger partial charge >= 0.3 is 0 Å². The molecular formula is C10H19N5. The van der Waals surface area contributed by atoms with Gasteiger partial charge in [-0.25, -0.2) is 4.68 Å². The van der Waals surface area contributed by atoms with Crippen molar-refractivity contribution in [2.75, 3.05) is 23.7 Å². The number of nitrogens with zero attached hydrogens (tertiary/aromatic N) is 4. The van der Waals surface area contributed by atoms with E-state index >= 15 is 0 Å². The lowest BCUT2D eigenvalue weighted by atomic mass is 10.2. The van der Waals surface area contributed by atoms with Crippen molar-refractivity contribution < 1.29 is 0 Å². The highest BCUT2D eigenvalue weighted by Gasteiger charge is 2.15. The average molecular weight is 209 g/mol. The Morgan fingerprint density at radius 2 is 1.87 bits per heavy atom. The molecule has 5 heteroatoms. The van der Waals surface area contributed by atoms with E-state index in [0.29, 0.717) is 5.95 Å². The molecule has 1 aromatic rings. The maximum Gasteiger partial charge on any atom is 0.246 e. The summed E-state index contributed by atoms with van der Waals surface area (Å²) in [7, 11) is 0. The Hall–Kier alpha value is -1.26. The van der Waals surface area contributed by atoms with Gasteiger partial charge in [-0.3, -0.25) is 0 Å². The summed E-state index contributed by atoms with van der Waals surface area (Å²) in [5, 5.41) is 4.40. The lowest BCUT2D eigenvalue weighted by molar-refractivity contribution is 0.658. The molecule has 1 aliphatic rings. The SMILES string of the molecule is CCn1nc(N2CCCCCC2)nc1N. The molecule has 0 radical (unpaired) electrons. The smallest absolute Gasteiger partial charge is 0.246 e. The zero-order chi connectivity index (χ0) is 10.7.